The van der Waals surface area contributed by atoms with E-state index in [1.165, 1.54) is 0 Å². The van der Waals surface area contributed by atoms with E-state index in [1.807, 2.05) is 6.08 Å². The zero-order chi connectivity index (χ0) is 12.0. The molecule has 1 heterocycles. The number of hydrogen-bond donors (Lipinski definition) is 0. The molecule has 0 aromatic rings. The zero-order valence-corrected chi connectivity index (χ0v) is 10.2. The molecular weight excluding hydrogens is 187 g/mol. The molecule has 84 valence electrons. The molecule has 2 rings (SSSR count). The molecule has 2 nitrogen and oxygen atoms in total. The second-order valence-electron chi connectivity index (χ2n) is 5.53. The quantitative estimate of drug-likeness (QED) is 0.487. The molecule has 0 spiro atoms. The minimum Gasteiger partial charge on any atom is -0.403 e. The largest absolute Gasteiger partial charge is 0.465 e. The van der Waals surface area contributed by atoms with Crippen molar-refractivity contribution in [2.24, 2.45) is 0 Å². The van der Waals surface area contributed by atoms with E-state index in [-0.39, 0.29) is 24.1 Å². The second-order valence-corrected chi connectivity index (χ2v) is 5.53. The first-order chi connectivity index (χ1) is 7.33. The van der Waals surface area contributed by atoms with Crippen molar-refractivity contribution in [3.63, 3.8) is 0 Å². The van der Waals surface area contributed by atoms with Crippen LogP contribution in [0, 0.1) is 0 Å². The molecule has 2 aliphatic rings. The van der Waals surface area contributed by atoms with Crippen molar-refractivity contribution in [1.29, 1.82) is 0 Å². The number of hydrogen-bond acceptors (Lipinski definition) is 2. The Hall–Kier alpha value is -0.275. The van der Waals surface area contributed by atoms with E-state index in [1.54, 1.807) is 0 Å². The van der Waals surface area contributed by atoms with E-state index in [0.29, 0.717) is 6.05 Å². The summed E-state index contributed by atoms with van der Waals surface area (Å²) in [5, 5.41) is 0. The maximum absolute atomic E-state index is 7.95. The highest BCUT2D eigenvalue weighted by atomic mass is 16.7. The molecular formula is C12H21BO2. The summed E-state index contributed by atoms with van der Waals surface area (Å²) in [7, 11) is -0.242. The predicted octanol–water partition coefficient (Wildman–Crippen LogP) is 3.19. The van der Waals surface area contributed by atoms with E-state index in [0.717, 1.165) is 19.3 Å². The van der Waals surface area contributed by atoms with Crippen LogP contribution in [-0.4, -0.2) is 18.3 Å². The minimum absolute atomic E-state index is 0.120. The first-order valence-electron chi connectivity index (χ1n) is 6.36. The molecule has 1 aliphatic carbocycles. The van der Waals surface area contributed by atoms with Gasteiger partial charge in [-0.15, -0.1) is 0 Å². The third kappa shape index (κ3) is 2.00. The maximum atomic E-state index is 7.95. The highest BCUT2D eigenvalue weighted by Gasteiger charge is 2.53. The summed E-state index contributed by atoms with van der Waals surface area (Å²) in [6.45, 7) is 8.23. The average molecular weight is 209 g/mol. The molecule has 1 unspecified atom stereocenters. The van der Waals surface area contributed by atoms with E-state index < -0.39 is 0 Å². The Bertz CT molecular complexity index is 296. The first kappa shape index (κ1) is 9.92. The van der Waals surface area contributed by atoms with Gasteiger partial charge in [0.1, 0.15) is 0 Å². The summed E-state index contributed by atoms with van der Waals surface area (Å²) in [4.78, 5) is 0. The van der Waals surface area contributed by atoms with Crippen LogP contribution in [0.15, 0.2) is 12.1 Å². The molecule has 0 radical (unpaired) electrons. The third-order valence-corrected chi connectivity index (χ3v) is 3.80. The zero-order valence-electron chi connectivity index (χ0n) is 11.2. The lowest BCUT2D eigenvalue weighted by molar-refractivity contribution is 0.00578. The summed E-state index contributed by atoms with van der Waals surface area (Å²) >= 11 is 0. The Morgan fingerprint density at radius 3 is 2.40 bits per heavy atom. The Morgan fingerprint density at radius 1 is 1.27 bits per heavy atom. The van der Waals surface area contributed by atoms with Crippen LogP contribution in [0.3, 0.4) is 0 Å². The summed E-state index contributed by atoms with van der Waals surface area (Å²) in [6, 6.07) is 0.685. The van der Waals surface area contributed by atoms with Gasteiger partial charge in [-0.2, -0.15) is 0 Å². The van der Waals surface area contributed by atoms with Gasteiger partial charge in [0, 0.05) is 5.82 Å². The fourth-order valence-corrected chi connectivity index (χ4v) is 2.03. The summed E-state index contributed by atoms with van der Waals surface area (Å²) < 4.78 is 19.9. The van der Waals surface area contributed by atoms with Crippen LogP contribution < -0.4 is 0 Å². The fourth-order valence-electron chi connectivity index (χ4n) is 2.03. The Labute approximate surface area is 94.6 Å². The topological polar surface area (TPSA) is 18.5 Å². The maximum Gasteiger partial charge on any atom is 0.465 e. The van der Waals surface area contributed by atoms with Gasteiger partial charge in [-0.3, -0.25) is 0 Å². The van der Waals surface area contributed by atoms with Crippen LogP contribution in [0.25, 0.3) is 0 Å². The van der Waals surface area contributed by atoms with E-state index in [9.17, 15) is 0 Å². The average Bonchev–Trinajstić information content (AvgIpc) is 2.36. The Morgan fingerprint density at radius 2 is 1.87 bits per heavy atom. The van der Waals surface area contributed by atoms with Crippen molar-refractivity contribution in [2.75, 3.05) is 0 Å². The lowest BCUT2D eigenvalue weighted by Crippen LogP contribution is -2.41. The monoisotopic (exact) mass is 209 g/mol. The van der Waals surface area contributed by atoms with Crippen LogP contribution in [0.2, 0.25) is 5.82 Å². The normalized spacial score (nSPS) is 34.9. The summed E-state index contributed by atoms with van der Waals surface area (Å²) in [5.41, 5.74) is -0.565. The van der Waals surface area contributed by atoms with Crippen molar-refractivity contribution in [2.45, 2.75) is 64.0 Å². The van der Waals surface area contributed by atoms with Gasteiger partial charge in [0.25, 0.3) is 0 Å². The van der Waals surface area contributed by atoms with E-state index in [2.05, 4.69) is 27.7 Å². The molecule has 0 amide bonds. The first-order valence-corrected chi connectivity index (χ1v) is 5.86. The fraction of sp³-hybridized carbons (Fsp3) is 0.833. The van der Waals surface area contributed by atoms with Gasteiger partial charge < -0.3 is 9.31 Å². The molecule has 1 fully saturated rings. The van der Waals surface area contributed by atoms with E-state index >= 15 is 0 Å². The summed E-state index contributed by atoms with van der Waals surface area (Å²) in [6.07, 6.45) is 5.16. The van der Waals surface area contributed by atoms with Gasteiger partial charge in [-0.25, -0.2) is 0 Å². The van der Waals surface area contributed by atoms with Gasteiger partial charge in [0.15, 0.2) is 0 Å². The van der Waals surface area contributed by atoms with E-state index in [4.69, 9.17) is 10.7 Å². The highest BCUT2D eigenvalue weighted by Crippen LogP contribution is 2.42. The SMILES string of the molecule is [2H]C1=CCCCC1B1OC(C)(C)C(C)(C)O1. The molecule has 15 heavy (non-hydrogen) atoms. The van der Waals surface area contributed by atoms with Crippen LogP contribution >= 0.6 is 0 Å². The minimum atomic E-state index is -0.282. The smallest absolute Gasteiger partial charge is 0.403 e. The van der Waals surface area contributed by atoms with Crippen LogP contribution in [0.4, 0.5) is 0 Å². The number of rotatable bonds is 1. The third-order valence-electron chi connectivity index (χ3n) is 3.80. The van der Waals surface area contributed by atoms with Gasteiger partial charge in [0.2, 0.25) is 0 Å². The van der Waals surface area contributed by atoms with Crippen molar-refractivity contribution >= 4 is 7.12 Å². The molecule has 3 heteroatoms. The van der Waals surface area contributed by atoms with Crippen molar-refractivity contribution in [1.82, 2.24) is 0 Å². The van der Waals surface area contributed by atoms with Crippen LogP contribution in [-0.2, 0) is 9.31 Å². The molecule has 0 N–H and O–H groups in total. The highest BCUT2D eigenvalue weighted by molar-refractivity contribution is 6.48. The Balaban J connectivity index is 2.14. The van der Waals surface area contributed by atoms with Gasteiger partial charge >= 0.3 is 7.12 Å². The lowest BCUT2D eigenvalue weighted by Gasteiger charge is -2.32. The summed E-state index contributed by atoms with van der Waals surface area (Å²) in [5.74, 6) is 0.120. The standard InChI is InChI=1S/C12H21BO2/c1-11(2)12(3,4)15-13(14-11)10-8-6-5-7-9-10/h6,8,10H,5,7,9H2,1-4H3/i8D. The molecule has 0 aromatic heterocycles. The van der Waals surface area contributed by atoms with Crippen LogP contribution in [0.5, 0.6) is 0 Å². The van der Waals surface area contributed by atoms with Gasteiger partial charge in [0.05, 0.1) is 12.6 Å². The lowest BCUT2D eigenvalue weighted by atomic mass is 9.67. The Kier molecular flexibility index (Phi) is 2.40. The molecule has 0 saturated carbocycles. The van der Waals surface area contributed by atoms with Gasteiger partial charge in [-0.05, 0) is 47.0 Å². The predicted molar refractivity (Wildman–Crippen MR) is 62.8 cm³/mol. The van der Waals surface area contributed by atoms with Crippen molar-refractivity contribution in [3.05, 3.63) is 12.1 Å². The van der Waals surface area contributed by atoms with Gasteiger partial charge in [-0.1, -0.05) is 12.1 Å². The molecule has 1 saturated heterocycles. The molecule has 1 atom stereocenters. The molecule has 0 aromatic carbocycles. The number of allylic oxidation sites excluding steroid dienone is 2. The molecule has 1 aliphatic heterocycles. The van der Waals surface area contributed by atoms with Crippen molar-refractivity contribution in [3.8, 4) is 0 Å². The molecule has 0 bridgehead atoms. The van der Waals surface area contributed by atoms with Crippen LogP contribution in [0.1, 0.15) is 48.3 Å². The van der Waals surface area contributed by atoms with Crippen molar-refractivity contribution < 1.29 is 10.7 Å². The second kappa shape index (κ2) is 3.64.